The topological polar surface area (TPSA) is 84.1 Å². The first-order chi connectivity index (χ1) is 15.8. The van der Waals surface area contributed by atoms with Crippen LogP contribution in [0.4, 0.5) is 20.5 Å². The summed E-state index contributed by atoms with van der Waals surface area (Å²) in [6.45, 7) is 0. The first kappa shape index (κ1) is 25.4. The molecule has 1 aliphatic rings. The van der Waals surface area contributed by atoms with Crippen molar-refractivity contribution in [3.8, 4) is 11.1 Å². The largest absolute Gasteiger partial charge is 0.366 e. The molecule has 0 atom stereocenters. The number of nitrogens with two attached hydrogens (primary N) is 1. The number of carbonyl (C=O) groups is 1. The summed E-state index contributed by atoms with van der Waals surface area (Å²) in [6, 6.07) is 12.3. The Kier molecular flexibility index (Phi) is 8.04. The van der Waals surface area contributed by atoms with E-state index in [4.69, 9.17) is 10.7 Å². The van der Waals surface area contributed by atoms with Crippen LogP contribution in [-0.4, -0.2) is 36.0 Å². The molecule has 0 bridgehead atoms. The van der Waals surface area contributed by atoms with Gasteiger partial charge in [-0.1, -0.05) is 30.3 Å². The van der Waals surface area contributed by atoms with Gasteiger partial charge in [-0.05, 0) is 49.3 Å². The van der Waals surface area contributed by atoms with Gasteiger partial charge in [0.05, 0.1) is 0 Å². The summed E-state index contributed by atoms with van der Waals surface area (Å²) in [5.41, 5.74) is 7.53. The molecular weight excluding hydrogens is 460 g/mol. The molecule has 0 radical (unpaired) electrons. The molecule has 3 aromatic rings. The highest BCUT2D eigenvalue weighted by Gasteiger charge is 2.29. The third-order valence-electron chi connectivity index (χ3n) is 6.14. The van der Waals surface area contributed by atoms with Gasteiger partial charge in [0, 0.05) is 43.0 Å². The number of rotatable bonds is 6. The lowest BCUT2D eigenvalue weighted by atomic mass is 9.79. The molecule has 1 heterocycles. The highest BCUT2D eigenvalue weighted by Crippen LogP contribution is 2.37. The van der Waals surface area contributed by atoms with E-state index in [9.17, 15) is 13.6 Å². The van der Waals surface area contributed by atoms with Gasteiger partial charge in [0.15, 0.2) is 11.6 Å². The average Bonchev–Trinajstić information content (AvgIpc) is 2.81. The Morgan fingerprint density at radius 3 is 2.35 bits per heavy atom. The Morgan fingerprint density at radius 1 is 1.06 bits per heavy atom. The Bertz CT molecular complexity index is 1150. The number of carbonyl (C=O) groups excluding carboxylic acids is 1. The first-order valence-electron chi connectivity index (χ1n) is 11.0. The lowest BCUT2D eigenvalue weighted by Gasteiger charge is -2.30. The summed E-state index contributed by atoms with van der Waals surface area (Å²) >= 11 is 0. The van der Waals surface area contributed by atoms with Crippen LogP contribution in [0.15, 0.2) is 48.7 Å². The molecular formula is C25H28ClF2N5O. The van der Waals surface area contributed by atoms with Gasteiger partial charge in [0.1, 0.15) is 5.82 Å². The summed E-state index contributed by atoms with van der Waals surface area (Å²) in [4.78, 5) is 22.9. The predicted octanol–water partition coefficient (Wildman–Crippen LogP) is 5.15. The standard InChI is InChI=1S/C25H27F2N5O.ClH/c1-32(2)24-19(15-6-4-3-5-7-15)14-29-25(31-24)30-17-10-8-16(9-11-17)21-18(23(28)33)12-13-20(26)22(21)27;/h3-7,12-14,16-17H,8-11H2,1-2H3,(H2,28,33)(H,29,30,31);1H. The van der Waals surface area contributed by atoms with Gasteiger partial charge in [-0.2, -0.15) is 4.98 Å². The molecule has 1 aromatic heterocycles. The number of nitrogens with zero attached hydrogens (tertiary/aromatic N) is 3. The number of benzene rings is 2. The fourth-order valence-electron chi connectivity index (χ4n) is 4.49. The number of aromatic nitrogens is 2. The van der Waals surface area contributed by atoms with Gasteiger partial charge in [-0.25, -0.2) is 13.8 Å². The molecule has 4 rings (SSSR count). The molecule has 0 aliphatic heterocycles. The lowest BCUT2D eigenvalue weighted by Crippen LogP contribution is -2.28. The first-order valence-corrected chi connectivity index (χ1v) is 11.0. The average molecular weight is 488 g/mol. The highest BCUT2D eigenvalue weighted by atomic mass is 35.5. The molecule has 2 aromatic carbocycles. The van der Waals surface area contributed by atoms with Gasteiger partial charge in [-0.3, -0.25) is 4.79 Å². The van der Waals surface area contributed by atoms with Crippen LogP contribution in [0.5, 0.6) is 0 Å². The quantitative estimate of drug-likeness (QED) is 0.502. The molecule has 6 nitrogen and oxygen atoms in total. The molecule has 0 spiro atoms. The van der Waals surface area contributed by atoms with E-state index >= 15 is 0 Å². The lowest BCUT2D eigenvalue weighted by molar-refractivity contribution is 0.0998. The Morgan fingerprint density at radius 2 is 1.74 bits per heavy atom. The van der Waals surface area contributed by atoms with E-state index < -0.39 is 17.5 Å². The summed E-state index contributed by atoms with van der Waals surface area (Å²) < 4.78 is 28.4. The van der Waals surface area contributed by atoms with E-state index in [0.717, 1.165) is 23.0 Å². The van der Waals surface area contributed by atoms with E-state index in [1.165, 1.54) is 6.07 Å². The van der Waals surface area contributed by atoms with Crippen LogP contribution < -0.4 is 16.0 Å². The van der Waals surface area contributed by atoms with Crippen molar-refractivity contribution in [2.75, 3.05) is 24.3 Å². The fraction of sp³-hybridized carbons (Fsp3) is 0.320. The predicted molar refractivity (Wildman–Crippen MR) is 133 cm³/mol. The molecule has 0 saturated heterocycles. The summed E-state index contributed by atoms with van der Waals surface area (Å²) in [7, 11) is 3.88. The van der Waals surface area contributed by atoms with Crippen LogP contribution in [0.1, 0.15) is 47.5 Å². The van der Waals surface area contributed by atoms with Crippen LogP contribution in [-0.2, 0) is 0 Å². The normalized spacial score (nSPS) is 17.5. The maximum absolute atomic E-state index is 14.5. The smallest absolute Gasteiger partial charge is 0.249 e. The third kappa shape index (κ3) is 5.28. The Hall–Kier alpha value is -3.26. The molecule has 0 unspecified atom stereocenters. The molecule has 3 N–H and O–H groups in total. The summed E-state index contributed by atoms with van der Waals surface area (Å²) in [5.74, 6) is -1.61. The number of primary amides is 1. The van der Waals surface area contributed by atoms with Crippen molar-refractivity contribution in [3.63, 3.8) is 0 Å². The van der Waals surface area contributed by atoms with Crippen LogP contribution in [0.25, 0.3) is 11.1 Å². The molecule has 9 heteroatoms. The molecule has 1 aliphatic carbocycles. The zero-order chi connectivity index (χ0) is 23.5. The van der Waals surface area contributed by atoms with E-state index in [-0.39, 0.29) is 35.5 Å². The minimum atomic E-state index is -0.974. The zero-order valence-electron chi connectivity index (χ0n) is 19.1. The van der Waals surface area contributed by atoms with Crippen LogP contribution >= 0.6 is 12.4 Å². The summed E-state index contributed by atoms with van der Waals surface area (Å²) in [5, 5.41) is 3.38. The third-order valence-corrected chi connectivity index (χ3v) is 6.14. The van der Waals surface area contributed by atoms with Crippen molar-refractivity contribution in [1.82, 2.24) is 9.97 Å². The van der Waals surface area contributed by atoms with Crippen LogP contribution in [0.3, 0.4) is 0 Å². The van der Waals surface area contributed by atoms with Crippen molar-refractivity contribution in [2.45, 2.75) is 37.6 Å². The Balaban J connectivity index is 0.00000324. The zero-order valence-corrected chi connectivity index (χ0v) is 19.9. The van der Waals surface area contributed by atoms with E-state index in [2.05, 4.69) is 10.3 Å². The van der Waals surface area contributed by atoms with E-state index in [1.54, 1.807) is 0 Å². The van der Waals surface area contributed by atoms with Gasteiger partial charge >= 0.3 is 0 Å². The number of hydrogen-bond acceptors (Lipinski definition) is 5. The number of nitrogens with one attached hydrogen (secondary N) is 1. The summed E-state index contributed by atoms with van der Waals surface area (Å²) in [6.07, 6.45) is 4.43. The number of hydrogen-bond donors (Lipinski definition) is 2. The maximum Gasteiger partial charge on any atom is 0.249 e. The number of halogens is 3. The second-order valence-corrected chi connectivity index (χ2v) is 8.57. The minimum absolute atomic E-state index is 0. The molecule has 1 fully saturated rings. The van der Waals surface area contributed by atoms with Crippen molar-refractivity contribution >= 4 is 30.1 Å². The number of anilines is 2. The van der Waals surface area contributed by atoms with Crippen molar-refractivity contribution < 1.29 is 13.6 Å². The van der Waals surface area contributed by atoms with Crippen molar-refractivity contribution in [3.05, 3.63) is 71.4 Å². The van der Waals surface area contributed by atoms with Crippen molar-refractivity contribution in [2.24, 2.45) is 5.73 Å². The van der Waals surface area contributed by atoms with Gasteiger partial charge < -0.3 is 16.0 Å². The Labute approximate surface area is 204 Å². The van der Waals surface area contributed by atoms with Gasteiger partial charge in [0.25, 0.3) is 0 Å². The number of amides is 1. The monoisotopic (exact) mass is 487 g/mol. The molecule has 180 valence electrons. The van der Waals surface area contributed by atoms with Gasteiger partial charge in [-0.15, -0.1) is 12.4 Å². The van der Waals surface area contributed by atoms with E-state index in [0.29, 0.717) is 31.6 Å². The van der Waals surface area contributed by atoms with Crippen LogP contribution in [0.2, 0.25) is 0 Å². The minimum Gasteiger partial charge on any atom is -0.366 e. The van der Waals surface area contributed by atoms with Crippen molar-refractivity contribution in [1.29, 1.82) is 0 Å². The molecule has 34 heavy (non-hydrogen) atoms. The highest BCUT2D eigenvalue weighted by molar-refractivity contribution is 5.94. The SMILES string of the molecule is CN(C)c1nc(NC2CCC(c3c(C(N)=O)ccc(F)c3F)CC2)ncc1-c1ccccc1.Cl. The second-order valence-electron chi connectivity index (χ2n) is 8.57. The fourth-order valence-corrected chi connectivity index (χ4v) is 4.49. The van der Waals surface area contributed by atoms with Gasteiger partial charge in [0.2, 0.25) is 11.9 Å². The molecule has 1 saturated carbocycles. The molecule has 1 amide bonds. The van der Waals surface area contributed by atoms with E-state index in [1.807, 2.05) is 55.5 Å². The second kappa shape index (κ2) is 10.8. The maximum atomic E-state index is 14.5. The van der Waals surface area contributed by atoms with Crippen LogP contribution in [0, 0.1) is 11.6 Å².